The number of nitrogens with one attached hydrogen (secondary N) is 2. The van der Waals surface area contributed by atoms with Crippen LogP contribution in [0.15, 0.2) is 42.1 Å². The van der Waals surface area contributed by atoms with Gasteiger partial charge in [0, 0.05) is 31.9 Å². The number of barbiturate groups is 1. The molecule has 0 aliphatic carbocycles. The lowest BCUT2D eigenvalue weighted by Gasteiger charge is -2.37. The highest BCUT2D eigenvalue weighted by molar-refractivity contribution is 6.17. The summed E-state index contributed by atoms with van der Waals surface area (Å²) >= 11 is 0. The predicted octanol–water partition coefficient (Wildman–Crippen LogP) is 0.537. The number of hydrogen-bond acceptors (Lipinski definition) is 6. The Hall–Kier alpha value is -2.71. The minimum Gasteiger partial charge on any atom is -0.322 e. The van der Waals surface area contributed by atoms with Gasteiger partial charge in [0.25, 0.3) is 0 Å². The molecule has 8 heteroatoms. The van der Waals surface area contributed by atoms with Gasteiger partial charge in [0.05, 0.1) is 6.54 Å². The van der Waals surface area contributed by atoms with Crippen LogP contribution in [0.3, 0.4) is 0 Å². The van der Waals surface area contributed by atoms with Crippen LogP contribution in [-0.2, 0) is 16.1 Å². The highest BCUT2D eigenvalue weighted by Gasteiger charge is 2.42. The van der Waals surface area contributed by atoms with E-state index < -0.39 is 23.8 Å². The van der Waals surface area contributed by atoms with E-state index in [0.29, 0.717) is 5.70 Å². The molecule has 1 aromatic carbocycles. The quantitative estimate of drug-likeness (QED) is 0.735. The molecule has 144 valence electrons. The average Bonchev–Trinajstić information content (AvgIpc) is 2.66. The Morgan fingerprint density at radius 1 is 1.15 bits per heavy atom. The first kappa shape index (κ1) is 19.1. The molecule has 2 aliphatic rings. The number of urea groups is 1. The van der Waals surface area contributed by atoms with Gasteiger partial charge in [0.2, 0.25) is 11.8 Å². The second-order valence-corrected chi connectivity index (χ2v) is 6.78. The summed E-state index contributed by atoms with van der Waals surface area (Å²) in [6, 6.07) is 8.55. The number of likely N-dealkylation sites (N-methyl/N-ethyl adjacent to an activating group) is 1. The van der Waals surface area contributed by atoms with Gasteiger partial charge >= 0.3 is 6.03 Å². The molecular formula is C19H25N5O3. The van der Waals surface area contributed by atoms with Crippen molar-refractivity contribution in [3.8, 4) is 0 Å². The zero-order valence-electron chi connectivity index (χ0n) is 15.6. The Morgan fingerprint density at radius 2 is 1.81 bits per heavy atom. The summed E-state index contributed by atoms with van der Waals surface area (Å²) in [5, 5.41) is 4.30. The Labute approximate surface area is 158 Å². The molecule has 2 saturated heterocycles. The number of carbonyl (C=O) groups excluding carboxylic acids is 3. The Kier molecular flexibility index (Phi) is 5.88. The number of amides is 4. The van der Waals surface area contributed by atoms with Crippen molar-refractivity contribution in [2.24, 2.45) is 5.92 Å². The van der Waals surface area contributed by atoms with E-state index in [0.717, 1.165) is 36.6 Å². The molecule has 0 radical (unpaired) electrons. The van der Waals surface area contributed by atoms with Crippen LogP contribution in [-0.4, -0.2) is 65.9 Å². The van der Waals surface area contributed by atoms with Crippen molar-refractivity contribution in [2.45, 2.75) is 13.5 Å². The molecule has 0 bridgehead atoms. The molecule has 4 amide bonds. The van der Waals surface area contributed by atoms with Gasteiger partial charge in [-0.25, -0.2) is 9.80 Å². The molecular weight excluding hydrogens is 346 g/mol. The summed E-state index contributed by atoms with van der Waals surface area (Å²) in [5.41, 5.74) is 4.52. The minimum atomic E-state index is -1.06. The van der Waals surface area contributed by atoms with Gasteiger partial charge in [-0.15, -0.1) is 0 Å². The van der Waals surface area contributed by atoms with Crippen molar-refractivity contribution in [1.82, 2.24) is 25.6 Å². The van der Waals surface area contributed by atoms with Gasteiger partial charge in [-0.3, -0.25) is 19.8 Å². The van der Waals surface area contributed by atoms with Gasteiger partial charge in [-0.05, 0) is 19.5 Å². The number of hydrazine groups is 1. The summed E-state index contributed by atoms with van der Waals surface area (Å²) in [7, 11) is 2.05. The van der Waals surface area contributed by atoms with Gasteiger partial charge in [-0.2, -0.15) is 0 Å². The number of nitrogens with zero attached hydrogens (tertiary/aromatic N) is 3. The van der Waals surface area contributed by atoms with E-state index in [4.69, 9.17) is 0 Å². The summed E-state index contributed by atoms with van der Waals surface area (Å²) in [4.78, 5) is 40.9. The lowest BCUT2D eigenvalue weighted by atomic mass is 10.00. The molecule has 2 N–H and O–H groups in total. The van der Waals surface area contributed by atoms with Crippen LogP contribution in [0.1, 0.15) is 12.5 Å². The van der Waals surface area contributed by atoms with Crippen LogP contribution < -0.4 is 10.7 Å². The Balaban J connectivity index is 1.75. The smallest absolute Gasteiger partial charge is 0.322 e. The maximum atomic E-state index is 13.0. The molecule has 0 aromatic heterocycles. The summed E-state index contributed by atoms with van der Waals surface area (Å²) < 4.78 is 0. The number of hydrogen-bond donors (Lipinski definition) is 2. The van der Waals surface area contributed by atoms with Crippen LogP contribution in [0.25, 0.3) is 0 Å². The molecule has 8 nitrogen and oxygen atoms in total. The van der Waals surface area contributed by atoms with Crippen molar-refractivity contribution < 1.29 is 14.4 Å². The van der Waals surface area contributed by atoms with Gasteiger partial charge in [-0.1, -0.05) is 36.4 Å². The highest BCUT2D eigenvalue weighted by Crippen LogP contribution is 2.20. The highest BCUT2D eigenvalue weighted by atomic mass is 16.2. The van der Waals surface area contributed by atoms with Crippen LogP contribution in [0, 0.1) is 5.92 Å². The average molecular weight is 371 g/mol. The fourth-order valence-corrected chi connectivity index (χ4v) is 3.20. The number of allylic oxidation sites excluding steroid dienone is 1. The summed E-state index contributed by atoms with van der Waals surface area (Å²) in [5.74, 6) is -2.16. The van der Waals surface area contributed by atoms with Crippen molar-refractivity contribution in [2.75, 3.05) is 33.2 Å². The number of benzene rings is 1. The normalized spacial score (nSPS) is 22.7. The van der Waals surface area contributed by atoms with Gasteiger partial charge < -0.3 is 10.3 Å². The predicted molar refractivity (Wildman–Crippen MR) is 100.0 cm³/mol. The van der Waals surface area contributed by atoms with E-state index in [9.17, 15) is 14.4 Å². The lowest BCUT2D eigenvalue weighted by Crippen LogP contribution is -2.60. The number of imide groups is 2. The molecule has 0 unspecified atom stereocenters. The van der Waals surface area contributed by atoms with Crippen molar-refractivity contribution in [3.63, 3.8) is 0 Å². The molecule has 2 aliphatic heterocycles. The SMILES string of the molecule is C/C=C(/NN1CCN(C)CC1)[C@@H]1C(=O)NC(=O)N(Cc2ccccc2)C1=O. The van der Waals surface area contributed by atoms with Crippen LogP contribution in [0.5, 0.6) is 0 Å². The summed E-state index contributed by atoms with van der Waals surface area (Å²) in [6.45, 7) is 5.25. The monoisotopic (exact) mass is 371 g/mol. The molecule has 0 spiro atoms. The van der Waals surface area contributed by atoms with Crippen molar-refractivity contribution in [3.05, 3.63) is 47.7 Å². The van der Waals surface area contributed by atoms with E-state index in [2.05, 4.69) is 22.7 Å². The summed E-state index contributed by atoms with van der Waals surface area (Å²) in [6.07, 6.45) is 1.72. The molecule has 1 aromatic rings. The largest absolute Gasteiger partial charge is 0.331 e. The number of rotatable bonds is 5. The zero-order chi connectivity index (χ0) is 19.4. The Bertz CT molecular complexity index is 741. The topological polar surface area (TPSA) is 85.0 Å². The molecule has 2 fully saturated rings. The fraction of sp³-hybridized carbons (Fsp3) is 0.421. The Morgan fingerprint density at radius 3 is 2.44 bits per heavy atom. The van der Waals surface area contributed by atoms with E-state index in [1.54, 1.807) is 13.0 Å². The van der Waals surface area contributed by atoms with Crippen LogP contribution in [0.4, 0.5) is 4.79 Å². The van der Waals surface area contributed by atoms with Crippen LogP contribution in [0.2, 0.25) is 0 Å². The first-order valence-corrected chi connectivity index (χ1v) is 9.06. The van der Waals surface area contributed by atoms with E-state index in [1.807, 2.05) is 35.3 Å². The first-order valence-electron chi connectivity index (χ1n) is 9.06. The third-order valence-electron chi connectivity index (χ3n) is 4.85. The van der Waals surface area contributed by atoms with Crippen molar-refractivity contribution >= 4 is 17.8 Å². The van der Waals surface area contributed by atoms with E-state index >= 15 is 0 Å². The second kappa shape index (κ2) is 8.32. The number of piperazine rings is 1. The van der Waals surface area contributed by atoms with Crippen molar-refractivity contribution in [1.29, 1.82) is 0 Å². The fourth-order valence-electron chi connectivity index (χ4n) is 3.20. The van der Waals surface area contributed by atoms with E-state index in [-0.39, 0.29) is 6.54 Å². The first-order chi connectivity index (χ1) is 13.0. The van der Waals surface area contributed by atoms with E-state index in [1.165, 1.54) is 0 Å². The third-order valence-corrected chi connectivity index (χ3v) is 4.85. The molecule has 3 rings (SSSR count). The number of carbonyl (C=O) groups is 3. The lowest BCUT2D eigenvalue weighted by molar-refractivity contribution is -0.141. The zero-order valence-corrected chi connectivity index (χ0v) is 15.6. The molecule has 27 heavy (non-hydrogen) atoms. The maximum Gasteiger partial charge on any atom is 0.331 e. The molecule has 2 heterocycles. The molecule has 0 saturated carbocycles. The molecule has 1 atom stereocenters. The maximum absolute atomic E-state index is 13.0. The third kappa shape index (κ3) is 4.35. The van der Waals surface area contributed by atoms with Gasteiger partial charge in [0.15, 0.2) is 5.92 Å². The second-order valence-electron chi connectivity index (χ2n) is 6.78. The van der Waals surface area contributed by atoms with Crippen LogP contribution >= 0.6 is 0 Å². The van der Waals surface area contributed by atoms with Gasteiger partial charge in [0.1, 0.15) is 0 Å². The standard InChI is InChI=1S/C19H25N5O3/c1-3-15(21-23-11-9-22(2)10-12-23)16-17(25)20-19(27)24(18(16)26)13-14-7-5-4-6-8-14/h3-8,16,21H,9-13H2,1-2H3,(H,20,25,27)/b15-3+/t16-/m1/s1. The minimum absolute atomic E-state index is 0.126.